The Morgan fingerprint density at radius 3 is 2.76 bits per heavy atom. The third kappa shape index (κ3) is 4.65. The predicted molar refractivity (Wildman–Crippen MR) is 142 cm³/mol. The number of aromatic amines is 1. The second-order valence-electron chi connectivity index (χ2n) is 8.65. The van der Waals surface area contributed by atoms with Crippen LogP contribution in [0.15, 0.2) is 47.0 Å². The van der Waals surface area contributed by atoms with Crippen LogP contribution >= 0.6 is 0 Å². The quantitative estimate of drug-likeness (QED) is 0.260. The van der Waals surface area contributed by atoms with Gasteiger partial charge >= 0.3 is 0 Å². The summed E-state index contributed by atoms with van der Waals surface area (Å²) in [4.78, 5) is 29.1. The number of aromatic nitrogens is 4. The van der Waals surface area contributed by atoms with Gasteiger partial charge in [-0.2, -0.15) is 9.97 Å². The molecule has 0 saturated carbocycles. The van der Waals surface area contributed by atoms with E-state index < -0.39 is 0 Å². The highest BCUT2D eigenvalue weighted by molar-refractivity contribution is 5.99. The zero-order valence-electron chi connectivity index (χ0n) is 21.3. The van der Waals surface area contributed by atoms with E-state index in [1.807, 2.05) is 38.2 Å². The van der Waals surface area contributed by atoms with E-state index in [0.717, 1.165) is 28.5 Å². The predicted octanol–water partition coefficient (Wildman–Crippen LogP) is 5.36. The Bertz CT molecular complexity index is 1610. The van der Waals surface area contributed by atoms with Gasteiger partial charge in [-0.3, -0.25) is 4.79 Å². The maximum absolute atomic E-state index is 12.0. The number of anilines is 2. The summed E-state index contributed by atoms with van der Waals surface area (Å²) in [5.41, 5.74) is 5.04. The fourth-order valence-corrected chi connectivity index (χ4v) is 4.05. The number of amides is 1. The van der Waals surface area contributed by atoms with Crippen LogP contribution in [0.2, 0.25) is 0 Å². The Kier molecular flexibility index (Phi) is 6.39. The molecule has 1 amide bonds. The van der Waals surface area contributed by atoms with Gasteiger partial charge in [-0.25, -0.2) is 4.98 Å². The Balaban J connectivity index is 1.58. The molecule has 5 rings (SSSR count). The Labute approximate surface area is 213 Å². The molecule has 0 aliphatic heterocycles. The summed E-state index contributed by atoms with van der Waals surface area (Å²) < 4.78 is 17.5. The highest BCUT2D eigenvalue weighted by Crippen LogP contribution is 2.37. The number of hydrogen-bond acceptors (Lipinski definition) is 8. The van der Waals surface area contributed by atoms with Gasteiger partial charge in [0.15, 0.2) is 11.5 Å². The van der Waals surface area contributed by atoms with E-state index in [4.69, 9.17) is 23.9 Å². The Hall–Kier alpha value is -4.60. The summed E-state index contributed by atoms with van der Waals surface area (Å²) in [6.07, 6.45) is 2.64. The lowest BCUT2D eigenvalue weighted by atomic mass is 10.1. The van der Waals surface area contributed by atoms with Crippen LogP contribution in [0.4, 0.5) is 11.6 Å². The first-order valence-electron chi connectivity index (χ1n) is 12.0. The molecule has 10 heteroatoms. The molecule has 0 aliphatic carbocycles. The van der Waals surface area contributed by atoms with Gasteiger partial charge in [0.1, 0.15) is 16.9 Å². The van der Waals surface area contributed by atoms with E-state index in [0.29, 0.717) is 45.9 Å². The van der Waals surface area contributed by atoms with Crippen LogP contribution in [0.1, 0.15) is 36.5 Å². The smallest absolute Gasteiger partial charge is 0.251 e. The molecule has 10 nitrogen and oxygen atoms in total. The lowest BCUT2D eigenvalue weighted by molar-refractivity contribution is 0.0962. The molecule has 2 aromatic carbocycles. The van der Waals surface area contributed by atoms with Gasteiger partial charge < -0.3 is 29.5 Å². The molecule has 1 atom stereocenters. The number of nitrogens with zero attached hydrogens (tertiary/aromatic N) is 3. The van der Waals surface area contributed by atoms with Gasteiger partial charge in [0, 0.05) is 31.3 Å². The molecule has 0 unspecified atom stereocenters. The van der Waals surface area contributed by atoms with Crippen LogP contribution in [0.5, 0.6) is 11.6 Å². The number of aryl methyl sites for hydroxylation is 1. The minimum atomic E-state index is -0.204. The second-order valence-corrected chi connectivity index (χ2v) is 8.65. The largest absolute Gasteiger partial charge is 0.495 e. The monoisotopic (exact) mass is 500 g/mol. The molecule has 0 fully saturated rings. The number of oxazole rings is 1. The van der Waals surface area contributed by atoms with Crippen molar-refractivity contribution in [2.45, 2.75) is 33.3 Å². The summed E-state index contributed by atoms with van der Waals surface area (Å²) in [7, 11) is 3.12. The average Bonchev–Trinajstić information content (AvgIpc) is 3.50. The fourth-order valence-electron chi connectivity index (χ4n) is 4.05. The molecule has 0 bridgehead atoms. The average molecular weight is 501 g/mol. The van der Waals surface area contributed by atoms with Crippen LogP contribution < -0.4 is 20.1 Å². The molecule has 0 saturated heterocycles. The number of carbonyl (C=O) groups excluding carboxylic acids is 1. The van der Waals surface area contributed by atoms with E-state index in [1.54, 1.807) is 32.4 Å². The van der Waals surface area contributed by atoms with E-state index in [1.165, 1.54) is 0 Å². The van der Waals surface area contributed by atoms with Crippen molar-refractivity contribution in [1.29, 1.82) is 0 Å². The third-order valence-corrected chi connectivity index (χ3v) is 6.13. The molecule has 3 heterocycles. The van der Waals surface area contributed by atoms with Gasteiger partial charge in [0.25, 0.3) is 5.91 Å². The van der Waals surface area contributed by atoms with Crippen molar-refractivity contribution in [3.05, 3.63) is 54.0 Å². The summed E-state index contributed by atoms with van der Waals surface area (Å²) >= 11 is 0. The van der Waals surface area contributed by atoms with E-state index in [9.17, 15) is 4.79 Å². The number of carbonyl (C=O) groups is 1. The van der Waals surface area contributed by atoms with Crippen molar-refractivity contribution in [1.82, 2.24) is 25.3 Å². The number of nitrogens with one attached hydrogen (secondary N) is 3. The van der Waals surface area contributed by atoms with Crippen LogP contribution in [0.3, 0.4) is 0 Å². The molecular weight excluding hydrogens is 472 g/mol. The van der Waals surface area contributed by atoms with Gasteiger partial charge in [-0.05, 0) is 49.2 Å². The SMILES string of the molecule is CC[C@H](C)Oc1nc(Nc2ccc(C(=O)NC)cc2OC)nc2[nH]cc(-c3ccc4nc(C)oc4c3)c12. The van der Waals surface area contributed by atoms with Gasteiger partial charge in [0.05, 0.1) is 24.3 Å². The van der Waals surface area contributed by atoms with Crippen molar-refractivity contribution in [2.24, 2.45) is 0 Å². The van der Waals surface area contributed by atoms with Gasteiger partial charge in [-0.15, -0.1) is 0 Å². The number of benzene rings is 2. The number of ether oxygens (including phenoxy) is 2. The number of methoxy groups -OCH3 is 1. The molecule has 3 aromatic heterocycles. The molecular formula is C27H28N6O4. The fraction of sp³-hybridized carbons (Fsp3) is 0.259. The molecule has 0 radical (unpaired) electrons. The standard InChI is InChI=1S/C27H28N6O4/c1-6-14(2)36-26-23-18(16-7-9-20-22(11-16)37-15(3)30-20)13-29-24(23)32-27(33-26)31-19-10-8-17(25(34)28-4)12-21(19)35-5/h7-14H,6H2,1-5H3,(H,28,34)(H2,29,31,32,33)/t14-/m0/s1. The zero-order chi connectivity index (χ0) is 26.1. The highest BCUT2D eigenvalue weighted by Gasteiger charge is 2.20. The zero-order valence-corrected chi connectivity index (χ0v) is 21.3. The van der Waals surface area contributed by atoms with Crippen LogP contribution in [-0.4, -0.2) is 46.1 Å². The van der Waals surface area contributed by atoms with Crippen molar-refractivity contribution in [3.63, 3.8) is 0 Å². The van der Waals surface area contributed by atoms with E-state index in [-0.39, 0.29) is 12.0 Å². The van der Waals surface area contributed by atoms with Gasteiger partial charge in [0.2, 0.25) is 11.8 Å². The van der Waals surface area contributed by atoms with Crippen molar-refractivity contribution in [2.75, 3.05) is 19.5 Å². The first-order chi connectivity index (χ1) is 17.9. The van der Waals surface area contributed by atoms with Crippen LogP contribution in [-0.2, 0) is 0 Å². The summed E-state index contributed by atoms with van der Waals surface area (Å²) in [6.45, 7) is 5.88. The minimum absolute atomic E-state index is 0.0607. The molecule has 5 aromatic rings. The molecule has 37 heavy (non-hydrogen) atoms. The molecule has 3 N–H and O–H groups in total. The number of rotatable bonds is 8. The van der Waals surface area contributed by atoms with Crippen molar-refractivity contribution >= 4 is 39.7 Å². The summed E-state index contributed by atoms with van der Waals surface area (Å²) in [5, 5.41) is 6.58. The maximum Gasteiger partial charge on any atom is 0.251 e. The number of fused-ring (bicyclic) bond motifs is 2. The molecule has 0 spiro atoms. The lowest BCUT2D eigenvalue weighted by Gasteiger charge is -2.16. The van der Waals surface area contributed by atoms with E-state index >= 15 is 0 Å². The van der Waals surface area contributed by atoms with Crippen LogP contribution in [0.25, 0.3) is 33.3 Å². The van der Waals surface area contributed by atoms with Gasteiger partial charge in [-0.1, -0.05) is 13.0 Å². The number of H-pyrrole nitrogens is 1. The first kappa shape index (κ1) is 24.1. The minimum Gasteiger partial charge on any atom is -0.495 e. The Morgan fingerprint density at radius 1 is 1.16 bits per heavy atom. The van der Waals surface area contributed by atoms with Crippen LogP contribution in [0, 0.1) is 6.92 Å². The third-order valence-electron chi connectivity index (χ3n) is 6.13. The van der Waals surface area contributed by atoms with Crippen molar-refractivity contribution < 1.29 is 18.7 Å². The Morgan fingerprint density at radius 2 is 2.00 bits per heavy atom. The molecule has 0 aliphatic rings. The highest BCUT2D eigenvalue weighted by atomic mass is 16.5. The molecule has 190 valence electrons. The normalized spacial score (nSPS) is 12.0. The lowest BCUT2D eigenvalue weighted by Crippen LogP contribution is -2.17. The topological polar surface area (TPSA) is 127 Å². The summed E-state index contributed by atoms with van der Waals surface area (Å²) in [6, 6.07) is 11.0. The van der Waals surface area contributed by atoms with Crippen molar-refractivity contribution in [3.8, 4) is 22.8 Å². The maximum atomic E-state index is 12.0. The second kappa shape index (κ2) is 9.81. The van der Waals surface area contributed by atoms with E-state index in [2.05, 4.69) is 27.5 Å². The number of hydrogen-bond donors (Lipinski definition) is 3. The first-order valence-corrected chi connectivity index (χ1v) is 12.0. The summed E-state index contributed by atoms with van der Waals surface area (Å²) in [5.74, 6) is 1.67.